The maximum Gasteiger partial charge on any atom is 0.106 e. The van der Waals surface area contributed by atoms with Crippen LogP contribution >= 0.6 is 0 Å². The van der Waals surface area contributed by atoms with Crippen LogP contribution in [0.25, 0.3) is 0 Å². The molecular weight excluding hydrogens is 130 g/mol. The highest BCUT2D eigenvalue weighted by Gasteiger charge is 1.93. The van der Waals surface area contributed by atoms with Crippen LogP contribution in [0.2, 0.25) is 0 Å². The summed E-state index contributed by atoms with van der Waals surface area (Å²) in [6.45, 7) is 4.50. The maximum atomic E-state index is 8.00. The van der Waals surface area contributed by atoms with Gasteiger partial charge in [-0.05, 0) is 25.9 Å². The van der Waals surface area contributed by atoms with Crippen LogP contribution in [0.15, 0.2) is 0 Å². The van der Waals surface area contributed by atoms with Crippen LogP contribution in [-0.2, 0) is 9.53 Å². The van der Waals surface area contributed by atoms with Gasteiger partial charge in [-0.1, -0.05) is 0 Å². The number of nitrogens with one attached hydrogen (secondary N) is 1. The molecule has 1 fully saturated rings. The number of carbonyl (C=O) groups is 1. The Bertz CT molecular complexity index is 39.3. The summed E-state index contributed by atoms with van der Waals surface area (Å²) < 4.78 is 4.25. The van der Waals surface area contributed by atoms with E-state index in [0.29, 0.717) is 0 Å². The lowest BCUT2D eigenvalue weighted by Crippen LogP contribution is -2.03. The summed E-state index contributed by atoms with van der Waals surface area (Å²) in [6, 6.07) is 0. The van der Waals surface area contributed by atoms with E-state index in [1.54, 1.807) is 14.2 Å². The number of methoxy groups -OCH3 is 1. The highest BCUT2D eigenvalue weighted by molar-refractivity contribution is 5.10. The van der Waals surface area contributed by atoms with Crippen molar-refractivity contribution in [3.63, 3.8) is 0 Å². The van der Waals surface area contributed by atoms with Crippen molar-refractivity contribution in [1.29, 1.82) is 0 Å². The van der Waals surface area contributed by atoms with Gasteiger partial charge < -0.3 is 14.8 Å². The van der Waals surface area contributed by atoms with Gasteiger partial charge >= 0.3 is 0 Å². The lowest BCUT2D eigenvalue weighted by Gasteiger charge is -1.76. The molecule has 0 spiro atoms. The van der Waals surface area contributed by atoms with Crippen LogP contribution in [-0.4, -0.2) is 34.1 Å². The molecule has 0 atom stereocenters. The molecule has 0 aliphatic carbocycles. The Balaban J connectivity index is 0. The molecule has 0 aromatic rings. The van der Waals surface area contributed by atoms with Crippen LogP contribution in [0.5, 0.6) is 0 Å². The van der Waals surface area contributed by atoms with Gasteiger partial charge in [0.25, 0.3) is 0 Å². The molecule has 1 N–H and O–H groups in total. The summed E-state index contributed by atoms with van der Waals surface area (Å²) in [6.07, 6.45) is 2.78. The van der Waals surface area contributed by atoms with Crippen LogP contribution in [0.1, 0.15) is 12.8 Å². The monoisotopic (exact) mass is 147 g/mol. The maximum absolute atomic E-state index is 8.00. The van der Waals surface area contributed by atoms with E-state index in [-0.39, 0.29) is 0 Å². The number of hydrogen-bond donors (Lipinski definition) is 1. The van der Waals surface area contributed by atoms with E-state index in [0.717, 1.165) is 0 Å². The van der Waals surface area contributed by atoms with Crippen molar-refractivity contribution in [2.45, 2.75) is 12.8 Å². The van der Waals surface area contributed by atoms with Gasteiger partial charge in [0, 0.05) is 14.2 Å². The van der Waals surface area contributed by atoms with Gasteiger partial charge in [-0.3, -0.25) is 0 Å². The fourth-order valence-electron chi connectivity index (χ4n) is 0.625. The van der Waals surface area contributed by atoms with E-state index < -0.39 is 0 Å². The summed E-state index contributed by atoms with van der Waals surface area (Å²) in [7, 11) is 3.25. The zero-order chi connectivity index (χ0) is 8.24. The van der Waals surface area contributed by atoms with Crippen molar-refractivity contribution in [1.82, 2.24) is 5.32 Å². The highest BCUT2D eigenvalue weighted by atomic mass is 16.4. The molecule has 0 amide bonds. The normalized spacial score (nSPS) is 14.2. The molecule has 10 heavy (non-hydrogen) atoms. The predicted octanol–water partition coefficient (Wildman–Crippen LogP) is 0.447. The number of ether oxygens (including phenoxy) is 1. The molecule has 1 aliphatic heterocycles. The Morgan fingerprint density at radius 1 is 1.20 bits per heavy atom. The molecular formula is C7H17NO2. The van der Waals surface area contributed by atoms with E-state index in [1.165, 1.54) is 25.9 Å². The first-order chi connectivity index (χ1) is 4.91. The molecule has 1 rings (SSSR count). The Kier molecular flexibility index (Phi) is 19.5. The van der Waals surface area contributed by atoms with Gasteiger partial charge in [-0.2, -0.15) is 0 Å². The number of carbonyl (C=O) groups excluding carboxylic acids is 1. The topological polar surface area (TPSA) is 38.3 Å². The minimum atomic E-state index is 1.25. The van der Waals surface area contributed by atoms with Crippen molar-refractivity contribution in [3.8, 4) is 0 Å². The average Bonchev–Trinajstić information content (AvgIpc) is 2.48. The average molecular weight is 147 g/mol. The Morgan fingerprint density at radius 2 is 1.50 bits per heavy atom. The summed E-state index contributed by atoms with van der Waals surface area (Å²) in [4.78, 5) is 8.00. The largest absolute Gasteiger partial charge is 0.388 e. The first-order valence-corrected chi connectivity index (χ1v) is 3.31. The van der Waals surface area contributed by atoms with Crippen molar-refractivity contribution < 1.29 is 9.53 Å². The molecule has 0 radical (unpaired) electrons. The second kappa shape index (κ2) is 15.8. The summed E-state index contributed by atoms with van der Waals surface area (Å²) >= 11 is 0. The molecule has 0 aromatic heterocycles. The quantitative estimate of drug-likeness (QED) is 0.540. The molecule has 3 nitrogen and oxygen atoms in total. The van der Waals surface area contributed by atoms with Gasteiger partial charge in [-0.15, -0.1) is 0 Å². The van der Waals surface area contributed by atoms with Gasteiger partial charge in [0.2, 0.25) is 0 Å². The van der Waals surface area contributed by atoms with Gasteiger partial charge in [0.05, 0.1) is 0 Å². The Hall–Kier alpha value is -0.410. The van der Waals surface area contributed by atoms with Gasteiger partial charge in [-0.25, -0.2) is 0 Å². The van der Waals surface area contributed by atoms with Gasteiger partial charge in [0.1, 0.15) is 6.79 Å². The van der Waals surface area contributed by atoms with E-state index in [9.17, 15) is 0 Å². The predicted molar refractivity (Wildman–Crippen MR) is 42.2 cm³/mol. The Morgan fingerprint density at radius 3 is 1.60 bits per heavy atom. The highest BCUT2D eigenvalue weighted by Crippen LogP contribution is 1.90. The van der Waals surface area contributed by atoms with E-state index in [4.69, 9.17) is 4.79 Å². The van der Waals surface area contributed by atoms with E-state index in [2.05, 4.69) is 10.1 Å². The lowest BCUT2D eigenvalue weighted by molar-refractivity contribution is -0.0979. The third kappa shape index (κ3) is 15.6. The molecule has 0 aromatic carbocycles. The minimum Gasteiger partial charge on any atom is -0.388 e. The zero-order valence-corrected chi connectivity index (χ0v) is 6.85. The first kappa shape index (κ1) is 12.3. The van der Waals surface area contributed by atoms with Gasteiger partial charge in [0.15, 0.2) is 0 Å². The smallest absolute Gasteiger partial charge is 0.106 e. The van der Waals surface area contributed by atoms with Crippen molar-refractivity contribution in [3.05, 3.63) is 0 Å². The fraction of sp³-hybridized carbons (Fsp3) is 0.857. The molecule has 1 aliphatic rings. The molecule has 1 saturated heterocycles. The third-order valence-corrected chi connectivity index (χ3v) is 0.957. The van der Waals surface area contributed by atoms with E-state index >= 15 is 0 Å². The molecule has 0 unspecified atom stereocenters. The van der Waals surface area contributed by atoms with Crippen LogP contribution in [0, 0.1) is 0 Å². The SMILES string of the molecule is C1CCNC1.C=O.COC. The zero-order valence-electron chi connectivity index (χ0n) is 6.85. The second-order valence-corrected chi connectivity index (χ2v) is 1.87. The summed E-state index contributed by atoms with van der Waals surface area (Å²) in [5.74, 6) is 0. The van der Waals surface area contributed by atoms with E-state index in [1.807, 2.05) is 6.79 Å². The molecule has 1 heterocycles. The molecule has 0 saturated carbocycles. The molecule has 0 bridgehead atoms. The number of hydrogen-bond acceptors (Lipinski definition) is 3. The van der Waals surface area contributed by atoms with Crippen LogP contribution in [0.4, 0.5) is 0 Å². The first-order valence-electron chi connectivity index (χ1n) is 3.31. The molecule has 62 valence electrons. The fourth-order valence-corrected chi connectivity index (χ4v) is 0.625. The molecule has 3 heteroatoms. The summed E-state index contributed by atoms with van der Waals surface area (Å²) in [5, 5.41) is 3.22. The van der Waals surface area contributed by atoms with Crippen molar-refractivity contribution in [2.24, 2.45) is 0 Å². The third-order valence-electron chi connectivity index (χ3n) is 0.957. The second-order valence-electron chi connectivity index (χ2n) is 1.87. The number of rotatable bonds is 0. The van der Waals surface area contributed by atoms with Crippen molar-refractivity contribution in [2.75, 3.05) is 27.3 Å². The lowest BCUT2D eigenvalue weighted by atomic mass is 10.4. The van der Waals surface area contributed by atoms with Crippen LogP contribution < -0.4 is 5.32 Å². The minimum absolute atomic E-state index is 1.25. The van der Waals surface area contributed by atoms with Crippen molar-refractivity contribution >= 4 is 6.79 Å². The Labute approximate surface area is 62.8 Å². The van der Waals surface area contributed by atoms with Crippen LogP contribution in [0.3, 0.4) is 0 Å². The summed E-state index contributed by atoms with van der Waals surface area (Å²) in [5.41, 5.74) is 0. The standard InChI is InChI=1S/C4H9N.C2H6O.CH2O/c1-2-4-5-3-1;1-3-2;1-2/h5H,1-4H2;1-2H3;1H2.